The molecule has 0 aliphatic carbocycles. The van der Waals surface area contributed by atoms with E-state index in [2.05, 4.69) is 41.7 Å². The largest absolute Gasteiger partial charge is 0.389 e. The Hall–Kier alpha value is -0.540. The summed E-state index contributed by atoms with van der Waals surface area (Å²) in [5.41, 5.74) is 2.08. The predicted molar refractivity (Wildman–Crippen MR) is 68.3 cm³/mol. The fourth-order valence-corrected chi connectivity index (χ4v) is 2.02. The van der Waals surface area contributed by atoms with Crippen LogP contribution in [-0.2, 0) is 0 Å². The minimum absolute atomic E-state index is 0.417. The van der Waals surface area contributed by atoms with Crippen LogP contribution >= 0.6 is 15.9 Å². The lowest BCUT2D eigenvalue weighted by molar-refractivity contribution is 0.199. The van der Waals surface area contributed by atoms with Crippen molar-refractivity contribution in [3.8, 4) is 0 Å². The highest BCUT2D eigenvalue weighted by atomic mass is 79.9. The van der Waals surface area contributed by atoms with E-state index in [0.717, 1.165) is 15.7 Å². The lowest BCUT2D eigenvalue weighted by Gasteiger charge is -2.25. The topological polar surface area (TPSA) is 23.5 Å². The monoisotopic (exact) mass is 271 g/mol. The van der Waals surface area contributed by atoms with Crippen molar-refractivity contribution >= 4 is 21.6 Å². The number of hydrogen-bond acceptors (Lipinski definition) is 2. The fourth-order valence-electron chi connectivity index (χ4n) is 1.35. The number of anilines is 1. The Morgan fingerprint density at radius 2 is 1.87 bits per heavy atom. The summed E-state index contributed by atoms with van der Waals surface area (Å²) >= 11 is 3.53. The quantitative estimate of drug-likeness (QED) is 0.912. The van der Waals surface area contributed by atoms with Gasteiger partial charge in [-0.05, 0) is 54.4 Å². The Morgan fingerprint density at radius 3 is 2.27 bits per heavy atom. The molecule has 0 aliphatic heterocycles. The Balaban J connectivity index is 3.03. The molecule has 0 aromatic heterocycles. The van der Waals surface area contributed by atoms with Gasteiger partial charge in [0.15, 0.2) is 0 Å². The van der Waals surface area contributed by atoms with Crippen molar-refractivity contribution in [3.63, 3.8) is 0 Å². The second kappa shape index (κ2) is 4.99. The fraction of sp³-hybridized carbons (Fsp3) is 0.500. The maximum atomic E-state index is 9.45. The van der Waals surface area contributed by atoms with E-state index in [1.54, 1.807) is 6.92 Å². The van der Waals surface area contributed by atoms with Crippen LogP contribution in [0.15, 0.2) is 22.7 Å². The van der Waals surface area contributed by atoms with Crippen LogP contribution in [0.1, 0.15) is 32.4 Å². The van der Waals surface area contributed by atoms with Crippen molar-refractivity contribution in [2.75, 3.05) is 11.9 Å². The van der Waals surface area contributed by atoms with Crippen LogP contribution in [0, 0.1) is 0 Å². The lowest BCUT2D eigenvalue weighted by Crippen LogP contribution is -2.25. The number of aliphatic hydroxyl groups is 1. The molecule has 15 heavy (non-hydrogen) atoms. The van der Waals surface area contributed by atoms with Crippen LogP contribution < -0.4 is 4.90 Å². The highest BCUT2D eigenvalue weighted by molar-refractivity contribution is 9.10. The molecule has 0 spiro atoms. The molecule has 0 radical (unpaired) electrons. The molecule has 0 unspecified atom stereocenters. The summed E-state index contributed by atoms with van der Waals surface area (Å²) in [5.74, 6) is 0. The van der Waals surface area contributed by atoms with Gasteiger partial charge in [-0.2, -0.15) is 0 Å². The standard InChI is InChI=1S/C12H18BrNO/c1-8(2)14(4)12-6-5-10(9(3)15)7-11(12)13/h5-9,15H,1-4H3/t9-/m1/s1. The normalized spacial score (nSPS) is 13.0. The minimum atomic E-state index is -0.417. The molecule has 2 nitrogen and oxygen atoms in total. The van der Waals surface area contributed by atoms with Gasteiger partial charge in [-0.15, -0.1) is 0 Å². The van der Waals surface area contributed by atoms with Crippen molar-refractivity contribution in [1.29, 1.82) is 0 Å². The van der Waals surface area contributed by atoms with Gasteiger partial charge in [-0.25, -0.2) is 0 Å². The summed E-state index contributed by atoms with van der Waals surface area (Å²) in [7, 11) is 2.06. The first-order chi connectivity index (χ1) is 6.93. The van der Waals surface area contributed by atoms with Gasteiger partial charge in [0, 0.05) is 17.6 Å². The first-order valence-corrected chi connectivity index (χ1v) is 5.93. The molecule has 0 aliphatic rings. The average molecular weight is 272 g/mol. The molecule has 0 saturated carbocycles. The van der Waals surface area contributed by atoms with Gasteiger partial charge in [-0.3, -0.25) is 0 Å². The smallest absolute Gasteiger partial charge is 0.0762 e. The van der Waals surface area contributed by atoms with E-state index >= 15 is 0 Å². The SMILES string of the molecule is CC(C)N(C)c1ccc([C@@H](C)O)cc1Br. The van der Waals surface area contributed by atoms with Gasteiger partial charge in [0.2, 0.25) is 0 Å². The third-order valence-corrected chi connectivity index (χ3v) is 3.24. The molecule has 1 aromatic rings. The average Bonchev–Trinajstić information content (AvgIpc) is 2.16. The first kappa shape index (κ1) is 12.5. The number of aliphatic hydroxyl groups excluding tert-OH is 1. The van der Waals surface area contributed by atoms with E-state index < -0.39 is 6.10 Å². The second-order valence-corrected chi connectivity index (χ2v) is 4.95. The van der Waals surface area contributed by atoms with E-state index in [1.807, 2.05) is 18.2 Å². The second-order valence-electron chi connectivity index (χ2n) is 4.09. The van der Waals surface area contributed by atoms with Crippen molar-refractivity contribution in [2.45, 2.75) is 32.9 Å². The number of rotatable bonds is 3. The molecule has 1 atom stereocenters. The van der Waals surface area contributed by atoms with Crippen molar-refractivity contribution in [1.82, 2.24) is 0 Å². The van der Waals surface area contributed by atoms with Crippen molar-refractivity contribution < 1.29 is 5.11 Å². The number of benzene rings is 1. The predicted octanol–water partition coefficient (Wildman–Crippen LogP) is 3.35. The molecule has 0 amide bonds. The summed E-state index contributed by atoms with van der Waals surface area (Å²) < 4.78 is 1.03. The summed E-state index contributed by atoms with van der Waals surface area (Å²) in [6.45, 7) is 6.07. The summed E-state index contributed by atoms with van der Waals surface area (Å²) in [6, 6.07) is 6.42. The summed E-state index contributed by atoms with van der Waals surface area (Å²) in [6.07, 6.45) is -0.417. The number of nitrogens with zero attached hydrogens (tertiary/aromatic N) is 1. The Kier molecular flexibility index (Phi) is 4.17. The molecule has 84 valence electrons. The molecule has 1 N–H and O–H groups in total. The molecule has 1 aromatic carbocycles. The van der Waals surface area contributed by atoms with Crippen molar-refractivity contribution in [3.05, 3.63) is 28.2 Å². The van der Waals surface area contributed by atoms with Crippen LogP contribution in [0.4, 0.5) is 5.69 Å². The molecule has 0 bridgehead atoms. The Bertz CT molecular complexity index is 336. The minimum Gasteiger partial charge on any atom is -0.389 e. The van der Waals surface area contributed by atoms with Gasteiger partial charge in [-0.1, -0.05) is 6.07 Å². The van der Waals surface area contributed by atoms with Crippen LogP contribution in [0.5, 0.6) is 0 Å². The van der Waals surface area contributed by atoms with Gasteiger partial charge >= 0.3 is 0 Å². The molecule has 1 rings (SSSR count). The highest BCUT2D eigenvalue weighted by Crippen LogP contribution is 2.29. The maximum absolute atomic E-state index is 9.45. The van der Waals surface area contributed by atoms with Gasteiger partial charge in [0.25, 0.3) is 0 Å². The van der Waals surface area contributed by atoms with Crippen LogP contribution in [0.3, 0.4) is 0 Å². The third-order valence-electron chi connectivity index (χ3n) is 2.61. The summed E-state index contributed by atoms with van der Waals surface area (Å²) in [4.78, 5) is 2.19. The van der Waals surface area contributed by atoms with Crippen molar-refractivity contribution in [2.24, 2.45) is 0 Å². The molecule has 0 saturated heterocycles. The number of hydrogen-bond donors (Lipinski definition) is 1. The van der Waals surface area contributed by atoms with Crippen LogP contribution in [-0.4, -0.2) is 18.2 Å². The molecule has 3 heteroatoms. The van der Waals surface area contributed by atoms with E-state index in [0.29, 0.717) is 6.04 Å². The van der Waals surface area contributed by atoms with Crippen LogP contribution in [0.2, 0.25) is 0 Å². The Labute approximate surface area is 100 Å². The number of halogens is 1. The Morgan fingerprint density at radius 1 is 1.27 bits per heavy atom. The molecular formula is C12H18BrNO. The lowest BCUT2D eigenvalue weighted by atomic mass is 10.1. The first-order valence-electron chi connectivity index (χ1n) is 5.13. The highest BCUT2D eigenvalue weighted by Gasteiger charge is 2.10. The van der Waals surface area contributed by atoms with Gasteiger partial charge < -0.3 is 10.0 Å². The van der Waals surface area contributed by atoms with Crippen LogP contribution in [0.25, 0.3) is 0 Å². The molecular weight excluding hydrogens is 254 g/mol. The van der Waals surface area contributed by atoms with E-state index in [1.165, 1.54) is 0 Å². The maximum Gasteiger partial charge on any atom is 0.0762 e. The van der Waals surface area contributed by atoms with E-state index in [4.69, 9.17) is 0 Å². The van der Waals surface area contributed by atoms with Gasteiger partial charge in [0.05, 0.1) is 11.8 Å². The van der Waals surface area contributed by atoms with E-state index in [9.17, 15) is 5.11 Å². The zero-order valence-electron chi connectivity index (χ0n) is 9.66. The van der Waals surface area contributed by atoms with E-state index in [-0.39, 0.29) is 0 Å². The zero-order chi connectivity index (χ0) is 11.6. The zero-order valence-corrected chi connectivity index (χ0v) is 11.2. The van der Waals surface area contributed by atoms with Gasteiger partial charge in [0.1, 0.15) is 0 Å². The molecule has 0 heterocycles. The summed E-state index contributed by atoms with van der Waals surface area (Å²) in [5, 5.41) is 9.45. The molecule has 0 fully saturated rings. The third kappa shape index (κ3) is 2.95.